The highest BCUT2D eigenvalue weighted by Crippen LogP contribution is 2.06. The molecule has 2 aromatic heterocycles. The summed E-state index contributed by atoms with van der Waals surface area (Å²) in [4.78, 5) is 22.6. The molecule has 2 N–H and O–H groups in total. The zero-order chi connectivity index (χ0) is 13.8. The van der Waals surface area contributed by atoms with E-state index < -0.39 is 12.0 Å². The molecule has 19 heavy (non-hydrogen) atoms. The predicted octanol–water partition coefficient (Wildman–Crippen LogP) is 1.05. The molecule has 0 bridgehead atoms. The van der Waals surface area contributed by atoms with Gasteiger partial charge >= 0.3 is 5.97 Å². The number of nitrogens with zero attached hydrogens (tertiary/aromatic N) is 2. The van der Waals surface area contributed by atoms with Crippen LogP contribution in [0.25, 0.3) is 0 Å². The van der Waals surface area contributed by atoms with Crippen molar-refractivity contribution in [1.29, 1.82) is 0 Å². The van der Waals surface area contributed by atoms with Crippen molar-refractivity contribution < 1.29 is 19.1 Å². The first kappa shape index (κ1) is 12.9. The minimum Gasteiger partial charge on any atom is -0.480 e. The number of hydrogen-bond acceptors (Lipinski definition) is 4. The van der Waals surface area contributed by atoms with E-state index >= 15 is 0 Å². The van der Waals surface area contributed by atoms with Crippen molar-refractivity contribution in [3.63, 3.8) is 0 Å². The molecule has 0 saturated heterocycles. The van der Waals surface area contributed by atoms with Crippen molar-refractivity contribution in [3.05, 3.63) is 42.1 Å². The van der Waals surface area contributed by atoms with Crippen LogP contribution in [0.1, 0.15) is 29.2 Å². The van der Waals surface area contributed by atoms with Gasteiger partial charge in [0.25, 0.3) is 5.91 Å². The van der Waals surface area contributed by atoms with E-state index in [1.165, 1.54) is 30.1 Å². The normalized spacial score (nSPS) is 12.1. The number of carboxylic acid groups (broad SMARTS) is 1. The first-order chi connectivity index (χ1) is 9.08. The van der Waals surface area contributed by atoms with Gasteiger partial charge < -0.3 is 14.8 Å². The topological polar surface area (TPSA) is 97.4 Å². The van der Waals surface area contributed by atoms with Crippen LogP contribution in [0.2, 0.25) is 0 Å². The lowest BCUT2D eigenvalue weighted by molar-refractivity contribution is -0.140. The number of aromatic nitrogens is 2. The van der Waals surface area contributed by atoms with E-state index in [0.717, 1.165) is 0 Å². The van der Waals surface area contributed by atoms with Crippen LogP contribution < -0.4 is 5.32 Å². The number of aliphatic carboxylic acids is 1. The third-order valence-electron chi connectivity index (χ3n) is 2.60. The van der Waals surface area contributed by atoms with Gasteiger partial charge in [0.1, 0.15) is 17.5 Å². The summed E-state index contributed by atoms with van der Waals surface area (Å²) in [6.45, 7) is 1.74. The number of carboxylic acids is 1. The van der Waals surface area contributed by atoms with Crippen LogP contribution in [0, 0.1) is 0 Å². The molecule has 2 rings (SSSR count). The molecular formula is C12H13N3O4. The largest absolute Gasteiger partial charge is 0.480 e. The second-order valence-corrected chi connectivity index (χ2v) is 3.96. The lowest BCUT2D eigenvalue weighted by Gasteiger charge is -2.05. The third kappa shape index (κ3) is 3.01. The predicted molar refractivity (Wildman–Crippen MR) is 64.5 cm³/mol. The average molecular weight is 263 g/mol. The molecule has 7 nitrogen and oxygen atoms in total. The summed E-state index contributed by atoms with van der Waals surface area (Å²) in [6, 6.07) is 4.12. The van der Waals surface area contributed by atoms with Gasteiger partial charge in [-0.3, -0.25) is 9.48 Å². The molecule has 2 heterocycles. The Kier molecular flexibility index (Phi) is 3.65. The summed E-state index contributed by atoms with van der Waals surface area (Å²) < 4.78 is 6.30. The molecule has 1 amide bonds. The standard InChI is InChI=1S/C12H13N3O4/c1-8(12(17)18)15-5-4-10(14-15)11(16)13-7-9-3-2-6-19-9/h2-6,8H,7H2,1H3,(H,13,16)(H,17,18). The number of nitrogens with one attached hydrogen (secondary N) is 1. The minimum atomic E-state index is -1.01. The van der Waals surface area contributed by atoms with Crippen LogP contribution in [0.3, 0.4) is 0 Å². The Morgan fingerprint density at radius 1 is 1.53 bits per heavy atom. The molecule has 1 atom stereocenters. The fraction of sp³-hybridized carbons (Fsp3) is 0.250. The fourth-order valence-electron chi connectivity index (χ4n) is 1.46. The molecule has 0 spiro atoms. The fourth-order valence-corrected chi connectivity index (χ4v) is 1.46. The van der Waals surface area contributed by atoms with Gasteiger partial charge in [-0.25, -0.2) is 4.79 Å². The maximum atomic E-state index is 11.8. The molecular weight excluding hydrogens is 250 g/mol. The summed E-state index contributed by atoms with van der Waals surface area (Å²) in [5, 5.41) is 15.4. The Morgan fingerprint density at radius 3 is 2.95 bits per heavy atom. The van der Waals surface area contributed by atoms with Gasteiger partial charge in [-0.15, -0.1) is 0 Å². The van der Waals surface area contributed by atoms with Gasteiger partial charge in [-0.1, -0.05) is 0 Å². The second kappa shape index (κ2) is 5.38. The van der Waals surface area contributed by atoms with Gasteiger partial charge in [0, 0.05) is 6.20 Å². The van der Waals surface area contributed by atoms with Crippen molar-refractivity contribution in [2.24, 2.45) is 0 Å². The number of rotatable bonds is 5. The Bertz CT molecular complexity index is 574. The lowest BCUT2D eigenvalue weighted by Crippen LogP contribution is -2.24. The molecule has 1 unspecified atom stereocenters. The van der Waals surface area contributed by atoms with Crippen LogP contribution in [0.4, 0.5) is 0 Å². The van der Waals surface area contributed by atoms with Gasteiger partial charge in [0.05, 0.1) is 12.8 Å². The van der Waals surface area contributed by atoms with Crippen molar-refractivity contribution in [2.75, 3.05) is 0 Å². The number of carbonyl (C=O) groups is 2. The van der Waals surface area contributed by atoms with Crippen molar-refractivity contribution >= 4 is 11.9 Å². The van der Waals surface area contributed by atoms with E-state index in [0.29, 0.717) is 5.76 Å². The van der Waals surface area contributed by atoms with E-state index in [1.54, 1.807) is 12.1 Å². The summed E-state index contributed by atoms with van der Waals surface area (Å²) in [5.74, 6) is -0.759. The van der Waals surface area contributed by atoms with Crippen LogP contribution in [0.15, 0.2) is 35.1 Å². The van der Waals surface area contributed by atoms with Gasteiger partial charge in [0.2, 0.25) is 0 Å². The zero-order valence-corrected chi connectivity index (χ0v) is 10.2. The monoisotopic (exact) mass is 263 g/mol. The highest BCUT2D eigenvalue weighted by atomic mass is 16.4. The van der Waals surface area contributed by atoms with Crippen molar-refractivity contribution in [2.45, 2.75) is 19.5 Å². The maximum Gasteiger partial charge on any atom is 0.328 e. The summed E-state index contributed by atoms with van der Waals surface area (Å²) in [7, 11) is 0. The van der Waals surface area contributed by atoms with Gasteiger partial charge in [-0.05, 0) is 25.1 Å². The molecule has 2 aromatic rings. The van der Waals surface area contributed by atoms with Crippen molar-refractivity contribution in [3.8, 4) is 0 Å². The van der Waals surface area contributed by atoms with Crippen LogP contribution >= 0.6 is 0 Å². The highest BCUT2D eigenvalue weighted by Gasteiger charge is 2.16. The smallest absolute Gasteiger partial charge is 0.328 e. The lowest BCUT2D eigenvalue weighted by atomic mass is 10.3. The maximum absolute atomic E-state index is 11.8. The molecule has 7 heteroatoms. The second-order valence-electron chi connectivity index (χ2n) is 3.96. The molecule has 0 aliphatic carbocycles. The first-order valence-corrected chi connectivity index (χ1v) is 5.66. The molecule has 0 aliphatic heterocycles. The van der Waals surface area contributed by atoms with E-state index in [2.05, 4.69) is 10.4 Å². The van der Waals surface area contributed by atoms with Crippen molar-refractivity contribution in [1.82, 2.24) is 15.1 Å². The molecule has 0 aromatic carbocycles. The first-order valence-electron chi connectivity index (χ1n) is 5.66. The molecule has 100 valence electrons. The number of amides is 1. The molecule has 0 radical (unpaired) electrons. The summed E-state index contributed by atoms with van der Waals surface area (Å²) in [5.41, 5.74) is 0.166. The number of hydrogen-bond donors (Lipinski definition) is 2. The molecule has 0 fully saturated rings. The molecule has 0 saturated carbocycles. The van der Waals surface area contributed by atoms with Gasteiger partial charge in [0.15, 0.2) is 0 Å². The number of furan rings is 1. The molecule has 0 aliphatic rings. The average Bonchev–Trinajstić information content (AvgIpc) is 3.05. The Labute approximate surface area is 108 Å². The minimum absolute atomic E-state index is 0.166. The SMILES string of the molecule is CC(C(=O)O)n1ccc(C(=O)NCc2ccco2)n1. The van der Waals surface area contributed by atoms with E-state index in [1.807, 2.05) is 0 Å². The van der Waals surface area contributed by atoms with Crippen LogP contribution in [-0.4, -0.2) is 26.8 Å². The third-order valence-corrected chi connectivity index (χ3v) is 2.60. The van der Waals surface area contributed by atoms with Crippen LogP contribution in [-0.2, 0) is 11.3 Å². The number of carbonyl (C=O) groups excluding carboxylic acids is 1. The highest BCUT2D eigenvalue weighted by molar-refractivity contribution is 5.92. The van der Waals surface area contributed by atoms with E-state index in [-0.39, 0.29) is 18.1 Å². The zero-order valence-electron chi connectivity index (χ0n) is 10.2. The Hall–Kier alpha value is -2.57. The Balaban J connectivity index is 1.98. The van der Waals surface area contributed by atoms with Gasteiger partial charge in [-0.2, -0.15) is 5.10 Å². The van der Waals surface area contributed by atoms with E-state index in [9.17, 15) is 9.59 Å². The summed E-state index contributed by atoms with van der Waals surface area (Å²) in [6.07, 6.45) is 2.98. The van der Waals surface area contributed by atoms with E-state index in [4.69, 9.17) is 9.52 Å². The summed E-state index contributed by atoms with van der Waals surface area (Å²) >= 11 is 0. The Morgan fingerprint density at radius 2 is 2.32 bits per heavy atom. The quantitative estimate of drug-likeness (QED) is 0.840. The van der Waals surface area contributed by atoms with Crippen LogP contribution in [0.5, 0.6) is 0 Å².